The lowest BCUT2D eigenvalue weighted by Gasteiger charge is -2.14. The number of aliphatic hydroxyl groups excluding tert-OH is 1. The summed E-state index contributed by atoms with van der Waals surface area (Å²) in [5, 5.41) is 16.8. The van der Waals surface area contributed by atoms with Gasteiger partial charge in [0.05, 0.1) is 24.0 Å². The molecule has 3 rings (SSSR count). The van der Waals surface area contributed by atoms with Gasteiger partial charge in [-0.1, -0.05) is 17.3 Å². The van der Waals surface area contributed by atoms with Gasteiger partial charge in [-0.25, -0.2) is 0 Å². The lowest BCUT2D eigenvalue weighted by Crippen LogP contribution is -2.29. The maximum Gasteiger partial charge on any atom is 0.299 e. The first-order valence-corrected chi connectivity index (χ1v) is 7.16. The highest BCUT2D eigenvalue weighted by molar-refractivity contribution is 6.52. The quantitative estimate of drug-likeness (QED) is 0.629. The number of carbonyl (C=O) groups is 2. The smallest absolute Gasteiger partial charge is 0.299 e. The summed E-state index contributed by atoms with van der Waals surface area (Å²) in [6.45, 7) is 1.04. The van der Waals surface area contributed by atoms with Gasteiger partial charge in [-0.3, -0.25) is 19.2 Å². The van der Waals surface area contributed by atoms with Crippen LogP contribution in [0.15, 0.2) is 30.5 Å². The number of benzene rings is 1. The molecule has 1 aliphatic heterocycles. The average molecular weight is 300 g/mol. The number of aryl methyl sites for hydroxylation is 1. The monoisotopic (exact) mass is 300 g/mol. The van der Waals surface area contributed by atoms with E-state index in [1.807, 2.05) is 0 Å². The molecule has 114 valence electrons. The largest absolute Gasteiger partial charge is 0.396 e. The van der Waals surface area contributed by atoms with E-state index in [0.29, 0.717) is 29.9 Å². The lowest BCUT2D eigenvalue weighted by molar-refractivity contribution is -0.114. The van der Waals surface area contributed by atoms with Crippen molar-refractivity contribution in [1.82, 2.24) is 15.0 Å². The molecule has 0 saturated carbocycles. The van der Waals surface area contributed by atoms with Gasteiger partial charge in [-0.2, -0.15) is 0 Å². The van der Waals surface area contributed by atoms with Gasteiger partial charge in [0.2, 0.25) is 0 Å². The average Bonchev–Trinajstić information content (AvgIpc) is 3.07. The Labute approximate surface area is 127 Å². The molecule has 1 aromatic carbocycles. The number of rotatable bonds is 6. The highest BCUT2D eigenvalue weighted by atomic mass is 16.3. The minimum absolute atomic E-state index is 0.155. The van der Waals surface area contributed by atoms with E-state index >= 15 is 0 Å². The van der Waals surface area contributed by atoms with Crippen LogP contribution >= 0.6 is 0 Å². The zero-order valence-electron chi connectivity index (χ0n) is 12.0. The van der Waals surface area contributed by atoms with Crippen molar-refractivity contribution in [3.63, 3.8) is 0 Å². The van der Waals surface area contributed by atoms with Crippen LogP contribution in [-0.2, 0) is 17.9 Å². The number of aromatic nitrogens is 3. The Morgan fingerprint density at radius 3 is 2.77 bits per heavy atom. The van der Waals surface area contributed by atoms with Crippen LogP contribution < -0.4 is 4.90 Å². The first kappa shape index (κ1) is 14.4. The molecule has 1 amide bonds. The Bertz CT molecular complexity index is 710. The van der Waals surface area contributed by atoms with Gasteiger partial charge in [0, 0.05) is 13.2 Å². The van der Waals surface area contributed by atoms with Crippen molar-refractivity contribution in [3.05, 3.63) is 41.7 Å². The molecule has 0 spiro atoms. The predicted octanol–water partition coefficient (Wildman–Crippen LogP) is 0.780. The van der Waals surface area contributed by atoms with Crippen LogP contribution in [0.25, 0.3) is 0 Å². The molecule has 0 fully saturated rings. The second kappa shape index (κ2) is 6.07. The van der Waals surface area contributed by atoms with Crippen molar-refractivity contribution in [1.29, 1.82) is 0 Å². The van der Waals surface area contributed by atoms with E-state index in [9.17, 15) is 9.59 Å². The standard InChI is InChI=1S/C15H16N4O3/c20-8-4-3-7-18-9-11(16-17-18)10-19-13-6-2-1-5-12(13)14(21)15(19)22/h1-2,5-6,9,20H,3-4,7-8,10H2. The summed E-state index contributed by atoms with van der Waals surface area (Å²) in [6, 6.07) is 6.94. The van der Waals surface area contributed by atoms with Gasteiger partial charge in [0.15, 0.2) is 0 Å². The number of Topliss-reactive ketones (excluding diaryl/α,β-unsaturated/α-hetero) is 1. The molecule has 0 unspecified atom stereocenters. The van der Waals surface area contributed by atoms with E-state index < -0.39 is 11.7 Å². The Hall–Kier alpha value is -2.54. The molecule has 1 aliphatic rings. The van der Waals surface area contributed by atoms with E-state index in [1.165, 1.54) is 4.90 Å². The number of hydrogen-bond donors (Lipinski definition) is 1. The Kier molecular flexibility index (Phi) is 3.97. The molecule has 1 N–H and O–H groups in total. The van der Waals surface area contributed by atoms with Gasteiger partial charge in [-0.15, -0.1) is 5.10 Å². The van der Waals surface area contributed by atoms with Crippen LogP contribution in [0.3, 0.4) is 0 Å². The lowest BCUT2D eigenvalue weighted by atomic mass is 10.1. The second-order valence-electron chi connectivity index (χ2n) is 5.14. The first-order chi connectivity index (χ1) is 10.7. The van der Waals surface area contributed by atoms with E-state index in [1.54, 1.807) is 35.1 Å². The molecule has 7 heteroatoms. The number of hydrogen-bond acceptors (Lipinski definition) is 5. The second-order valence-corrected chi connectivity index (χ2v) is 5.14. The van der Waals surface area contributed by atoms with Crippen molar-refractivity contribution in [2.45, 2.75) is 25.9 Å². The molecule has 22 heavy (non-hydrogen) atoms. The van der Waals surface area contributed by atoms with Crippen LogP contribution in [0.2, 0.25) is 0 Å². The van der Waals surface area contributed by atoms with Crippen molar-refractivity contribution in [2.24, 2.45) is 0 Å². The highest BCUT2D eigenvalue weighted by Crippen LogP contribution is 2.29. The molecule has 0 atom stereocenters. The number of anilines is 1. The van der Waals surface area contributed by atoms with Gasteiger partial charge in [0.25, 0.3) is 11.7 Å². The van der Waals surface area contributed by atoms with Crippen LogP contribution in [-0.4, -0.2) is 38.4 Å². The number of aliphatic hydroxyl groups is 1. The molecule has 0 aliphatic carbocycles. The number of ketones is 1. The van der Waals surface area contributed by atoms with Crippen LogP contribution in [0, 0.1) is 0 Å². The molecular formula is C15H16N4O3. The van der Waals surface area contributed by atoms with Crippen LogP contribution in [0.1, 0.15) is 28.9 Å². The van der Waals surface area contributed by atoms with Gasteiger partial charge >= 0.3 is 0 Å². The van der Waals surface area contributed by atoms with Crippen molar-refractivity contribution >= 4 is 17.4 Å². The summed E-state index contributed by atoms with van der Waals surface area (Å²) in [7, 11) is 0. The van der Waals surface area contributed by atoms with Crippen molar-refractivity contribution < 1.29 is 14.7 Å². The summed E-state index contributed by atoms with van der Waals surface area (Å²) in [5.74, 6) is -1.01. The number of fused-ring (bicyclic) bond motifs is 1. The Morgan fingerprint density at radius 1 is 1.14 bits per heavy atom. The topological polar surface area (TPSA) is 88.3 Å². The summed E-state index contributed by atoms with van der Waals surface area (Å²) >= 11 is 0. The summed E-state index contributed by atoms with van der Waals surface area (Å²) < 4.78 is 1.68. The van der Waals surface area contributed by atoms with Crippen molar-refractivity contribution in [2.75, 3.05) is 11.5 Å². The third kappa shape index (κ3) is 2.62. The van der Waals surface area contributed by atoms with Crippen LogP contribution in [0.5, 0.6) is 0 Å². The molecule has 7 nitrogen and oxygen atoms in total. The number of unbranched alkanes of at least 4 members (excludes halogenated alkanes) is 1. The van der Waals surface area contributed by atoms with Gasteiger partial charge in [-0.05, 0) is 25.0 Å². The number of nitrogens with zero attached hydrogens (tertiary/aromatic N) is 4. The van der Waals surface area contributed by atoms with Crippen molar-refractivity contribution in [3.8, 4) is 0 Å². The minimum Gasteiger partial charge on any atom is -0.396 e. The molecular weight excluding hydrogens is 284 g/mol. The third-order valence-corrected chi connectivity index (χ3v) is 3.58. The molecule has 0 radical (unpaired) electrons. The van der Waals surface area contributed by atoms with Crippen LogP contribution in [0.4, 0.5) is 5.69 Å². The fraction of sp³-hybridized carbons (Fsp3) is 0.333. The SMILES string of the molecule is O=C1C(=O)N(Cc2cn(CCCCO)nn2)c2ccccc21. The van der Waals surface area contributed by atoms with Gasteiger partial charge in [0.1, 0.15) is 5.69 Å². The normalized spacial score (nSPS) is 13.8. The summed E-state index contributed by atoms with van der Waals surface area (Å²) in [6.07, 6.45) is 3.28. The minimum atomic E-state index is -0.531. The molecule has 2 aromatic rings. The molecule has 0 bridgehead atoms. The fourth-order valence-electron chi connectivity index (χ4n) is 2.47. The van der Waals surface area contributed by atoms with Gasteiger partial charge < -0.3 is 5.11 Å². The molecule has 1 aromatic heterocycles. The van der Waals surface area contributed by atoms with E-state index in [-0.39, 0.29) is 13.2 Å². The predicted molar refractivity (Wildman–Crippen MR) is 78.3 cm³/mol. The summed E-state index contributed by atoms with van der Waals surface area (Å²) in [5.41, 5.74) is 1.68. The highest BCUT2D eigenvalue weighted by Gasteiger charge is 2.35. The third-order valence-electron chi connectivity index (χ3n) is 3.58. The van der Waals surface area contributed by atoms with E-state index in [4.69, 9.17) is 5.11 Å². The van der Waals surface area contributed by atoms with E-state index in [0.717, 1.165) is 6.42 Å². The zero-order valence-corrected chi connectivity index (χ0v) is 12.0. The number of carbonyl (C=O) groups excluding carboxylic acids is 2. The van der Waals surface area contributed by atoms with E-state index in [2.05, 4.69) is 10.3 Å². The molecule has 0 saturated heterocycles. The Morgan fingerprint density at radius 2 is 1.95 bits per heavy atom. The maximum absolute atomic E-state index is 12.1. The summed E-state index contributed by atoms with van der Waals surface area (Å²) in [4.78, 5) is 25.4. The first-order valence-electron chi connectivity index (χ1n) is 7.16. The maximum atomic E-state index is 12.1. The molecule has 2 heterocycles. The number of amides is 1. The number of para-hydroxylation sites is 1. The zero-order chi connectivity index (χ0) is 15.5. The Balaban J connectivity index is 1.74. The fourth-order valence-corrected chi connectivity index (χ4v) is 2.47.